The Bertz CT molecular complexity index is 1400. The number of hydrogen-bond acceptors (Lipinski definition) is 12. The molecule has 5 atom stereocenters. The predicted octanol–water partition coefficient (Wildman–Crippen LogP) is 4.84. The first-order valence-corrected chi connectivity index (χ1v) is 16.3. The monoisotopic (exact) mass is 670 g/mol. The molecule has 0 aliphatic carbocycles. The lowest BCUT2D eigenvalue weighted by Crippen LogP contribution is -2.47. The molecule has 1 N–H and O–H groups in total. The number of aromatic nitrogens is 1. The van der Waals surface area contributed by atoms with Crippen LogP contribution in [0.25, 0.3) is 0 Å². The average molecular weight is 671 g/mol. The number of rotatable bonds is 14. The molecule has 1 aliphatic rings. The highest BCUT2D eigenvalue weighted by Crippen LogP contribution is 2.31. The van der Waals surface area contributed by atoms with E-state index in [1.807, 2.05) is 25.1 Å². The van der Waals surface area contributed by atoms with Crippen molar-refractivity contribution in [2.75, 3.05) is 20.3 Å². The van der Waals surface area contributed by atoms with Gasteiger partial charge < -0.3 is 33.7 Å². The summed E-state index contributed by atoms with van der Waals surface area (Å²) in [6.07, 6.45) is 1.78. The second kappa shape index (κ2) is 18.6. The van der Waals surface area contributed by atoms with Gasteiger partial charge in [-0.05, 0) is 31.2 Å². The Kier molecular flexibility index (Phi) is 14.6. The average Bonchev–Trinajstić information content (AvgIpc) is 3.11. The molecule has 0 radical (unpaired) electrons. The largest absolute Gasteiger partial charge is 0.514 e. The highest BCUT2D eigenvalue weighted by Gasteiger charge is 2.42. The summed E-state index contributed by atoms with van der Waals surface area (Å²) in [4.78, 5) is 69.7. The van der Waals surface area contributed by atoms with Crippen molar-refractivity contribution in [2.24, 2.45) is 17.8 Å². The lowest BCUT2D eigenvalue weighted by molar-refractivity contribution is -0.176. The van der Waals surface area contributed by atoms with Crippen LogP contribution >= 0.6 is 0 Å². The Balaban J connectivity index is 1.82. The first-order chi connectivity index (χ1) is 23.0. The summed E-state index contributed by atoms with van der Waals surface area (Å²) in [5, 5.41) is 2.46. The van der Waals surface area contributed by atoms with Crippen molar-refractivity contribution >= 4 is 30.0 Å². The van der Waals surface area contributed by atoms with Crippen LogP contribution in [0.1, 0.15) is 76.4 Å². The number of unbranched alkanes of at least 4 members (excludes halogenated alkanes) is 1. The Hall–Kier alpha value is -4.68. The normalized spacial score (nSPS) is 20.2. The molecule has 5 unspecified atom stereocenters. The lowest BCUT2D eigenvalue weighted by atomic mass is 9.91. The summed E-state index contributed by atoms with van der Waals surface area (Å²) < 4.78 is 32.9. The number of ether oxygens (including phenoxy) is 6. The number of cyclic esters (lactones) is 2. The van der Waals surface area contributed by atoms with E-state index in [1.54, 1.807) is 26.0 Å². The fourth-order valence-corrected chi connectivity index (χ4v) is 5.03. The van der Waals surface area contributed by atoms with Gasteiger partial charge in [-0.3, -0.25) is 14.4 Å². The number of carbonyl (C=O) groups is 5. The van der Waals surface area contributed by atoms with Gasteiger partial charge in [0.15, 0.2) is 23.6 Å². The number of esters is 3. The Morgan fingerprint density at radius 3 is 2.44 bits per heavy atom. The fraction of sp³-hybridized carbons (Fsp3) is 0.543. The summed E-state index contributed by atoms with van der Waals surface area (Å²) in [6, 6.07) is 8.96. The van der Waals surface area contributed by atoms with E-state index >= 15 is 0 Å². The topological polar surface area (TPSA) is 166 Å². The molecule has 1 fully saturated rings. The summed E-state index contributed by atoms with van der Waals surface area (Å²) in [7, 11) is 1.32. The van der Waals surface area contributed by atoms with Crippen LogP contribution in [0.15, 0.2) is 42.6 Å². The van der Waals surface area contributed by atoms with Crippen LogP contribution in [0.3, 0.4) is 0 Å². The van der Waals surface area contributed by atoms with Gasteiger partial charge in [0.2, 0.25) is 5.75 Å². The molecule has 48 heavy (non-hydrogen) atoms. The second-order valence-corrected chi connectivity index (χ2v) is 11.9. The molecule has 0 bridgehead atoms. The quantitative estimate of drug-likeness (QED) is 0.215. The first-order valence-electron chi connectivity index (χ1n) is 16.3. The van der Waals surface area contributed by atoms with E-state index in [0.717, 1.165) is 31.2 Å². The summed E-state index contributed by atoms with van der Waals surface area (Å²) in [6.45, 7) is 8.41. The third kappa shape index (κ3) is 10.7. The number of benzene rings is 1. The molecule has 3 rings (SSSR count). The SMILES string of the molecule is CCCCC(CC)COC(=O)Oc1c(OC)ccnc1C(=O)NC1COC(=O)C(Cc2ccccc2)C(OC(=O)C(C)C)C(C)OC1=O. The summed E-state index contributed by atoms with van der Waals surface area (Å²) >= 11 is 0. The lowest BCUT2D eigenvalue weighted by Gasteiger charge is -2.29. The van der Waals surface area contributed by atoms with Crippen molar-refractivity contribution in [3.63, 3.8) is 0 Å². The molecule has 1 saturated heterocycles. The van der Waals surface area contributed by atoms with Gasteiger partial charge in [-0.25, -0.2) is 14.6 Å². The van der Waals surface area contributed by atoms with Gasteiger partial charge in [0, 0.05) is 12.3 Å². The van der Waals surface area contributed by atoms with Gasteiger partial charge in [-0.15, -0.1) is 0 Å². The minimum absolute atomic E-state index is 0.0146. The van der Waals surface area contributed by atoms with Crippen molar-refractivity contribution in [1.82, 2.24) is 10.3 Å². The highest BCUT2D eigenvalue weighted by molar-refractivity contribution is 5.98. The number of hydrogen-bond donors (Lipinski definition) is 1. The number of carbonyl (C=O) groups excluding carboxylic acids is 5. The standard InChI is InChI=1S/C35H46N2O11/c1-7-9-13-23(8-2)19-45-35(42)48-30-27(43-6)16-17-36-28(30)31(38)37-26-20-44-33(40)25(18-24-14-11-10-12-15-24)29(22(5)46-34(26)41)47-32(39)21(3)4/h10-12,14-17,21-23,25-26,29H,7-9,13,18-20H2,1-6H3,(H,37,38). The number of amides is 1. The maximum absolute atomic E-state index is 13.5. The molecule has 13 nitrogen and oxygen atoms in total. The molecule has 2 heterocycles. The van der Waals surface area contributed by atoms with Crippen LogP contribution in [0, 0.1) is 17.8 Å². The molecule has 262 valence electrons. The molecule has 0 saturated carbocycles. The smallest absolute Gasteiger partial charge is 0.493 e. The zero-order valence-electron chi connectivity index (χ0n) is 28.4. The number of nitrogens with zero attached hydrogens (tertiary/aromatic N) is 1. The maximum atomic E-state index is 13.5. The maximum Gasteiger partial charge on any atom is 0.514 e. The summed E-state index contributed by atoms with van der Waals surface area (Å²) in [5.74, 6) is -4.92. The Morgan fingerprint density at radius 1 is 1.06 bits per heavy atom. The number of pyridine rings is 1. The third-order valence-corrected chi connectivity index (χ3v) is 7.94. The van der Waals surface area contributed by atoms with Crippen molar-refractivity contribution in [1.29, 1.82) is 0 Å². The molecular formula is C35H46N2O11. The third-order valence-electron chi connectivity index (χ3n) is 7.94. The van der Waals surface area contributed by atoms with Crippen molar-refractivity contribution in [3.05, 3.63) is 53.9 Å². The molecule has 13 heteroatoms. The van der Waals surface area contributed by atoms with Crippen LogP contribution < -0.4 is 14.8 Å². The van der Waals surface area contributed by atoms with E-state index in [2.05, 4.69) is 17.2 Å². The minimum atomic E-state index is -1.49. The molecule has 1 aliphatic heterocycles. The zero-order chi connectivity index (χ0) is 35.2. The van der Waals surface area contributed by atoms with Crippen LogP contribution in [-0.4, -0.2) is 73.5 Å². The van der Waals surface area contributed by atoms with Crippen molar-refractivity contribution in [3.8, 4) is 11.5 Å². The van der Waals surface area contributed by atoms with E-state index in [1.165, 1.54) is 26.3 Å². The van der Waals surface area contributed by atoms with E-state index in [0.29, 0.717) is 0 Å². The van der Waals surface area contributed by atoms with Gasteiger partial charge in [0.25, 0.3) is 5.91 Å². The molecular weight excluding hydrogens is 624 g/mol. The van der Waals surface area contributed by atoms with Crippen LogP contribution in [-0.2, 0) is 39.8 Å². The van der Waals surface area contributed by atoms with Gasteiger partial charge in [-0.1, -0.05) is 77.3 Å². The minimum Gasteiger partial charge on any atom is -0.493 e. The van der Waals surface area contributed by atoms with E-state index in [4.69, 9.17) is 28.4 Å². The zero-order valence-corrected chi connectivity index (χ0v) is 28.4. The van der Waals surface area contributed by atoms with Crippen LogP contribution in [0.2, 0.25) is 0 Å². The predicted molar refractivity (Wildman–Crippen MR) is 172 cm³/mol. The highest BCUT2D eigenvalue weighted by atomic mass is 16.7. The second-order valence-electron chi connectivity index (χ2n) is 11.9. The van der Waals surface area contributed by atoms with Gasteiger partial charge in [0.1, 0.15) is 18.6 Å². The number of nitrogens with one attached hydrogen (secondary N) is 1. The molecule has 1 amide bonds. The van der Waals surface area contributed by atoms with E-state index < -0.39 is 66.7 Å². The van der Waals surface area contributed by atoms with Crippen molar-refractivity contribution in [2.45, 2.75) is 85.0 Å². The molecule has 1 aromatic heterocycles. The summed E-state index contributed by atoms with van der Waals surface area (Å²) in [5.41, 5.74) is 0.385. The van der Waals surface area contributed by atoms with Gasteiger partial charge in [0.05, 0.1) is 19.6 Å². The number of methoxy groups -OCH3 is 1. The van der Waals surface area contributed by atoms with Crippen molar-refractivity contribution < 1.29 is 52.4 Å². The molecule has 0 spiro atoms. The van der Waals surface area contributed by atoms with Gasteiger partial charge >= 0.3 is 24.1 Å². The Labute approximate surface area is 280 Å². The van der Waals surface area contributed by atoms with Crippen LogP contribution in [0.4, 0.5) is 4.79 Å². The molecule has 2 aromatic rings. The van der Waals surface area contributed by atoms with Gasteiger partial charge in [-0.2, -0.15) is 0 Å². The van der Waals surface area contributed by atoms with E-state index in [-0.39, 0.29) is 36.1 Å². The fourth-order valence-electron chi connectivity index (χ4n) is 5.03. The van der Waals surface area contributed by atoms with E-state index in [9.17, 15) is 24.0 Å². The Morgan fingerprint density at radius 2 is 1.79 bits per heavy atom. The molecule has 1 aromatic carbocycles. The van der Waals surface area contributed by atoms with Crippen LogP contribution in [0.5, 0.6) is 11.5 Å². The first kappa shape index (κ1) is 37.8.